The maximum Gasteiger partial charge on any atom is 0.222 e. The van der Waals surface area contributed by atoms with Crippen molar-refractivity contribution in [2.75, 3.05) is 6.54 Å². The number of carbonyl (C=O) groups is 1. The second-order valence-electron chi connectivity index (χ2n) is 5.90. The van der Waals surface area contributed by atoms with Gasteiger partial charge in [-0.25, -0.2) is 0 Å². The van der Waals surface area contributed by atoms with Gasteiger partial charge < -0.3 is 10.3 Å². The van der Waals surface area contributed by atoms with Gasteiger partial charge in [0.25, 0.3) is 0 Å². The van der Waals surface area contributed by atoms with Crippen LogP contribution in [0.25, 0.3) is 10.9 Å². The highest BCUT2D eigenvalue weighted by Crippen LogP contribution is 2.49. The van der Waals surface area contributed by atoms with Crippen LogP contribution in [0.5, 0.6) is 0 Å². The minimum absolute atomic E-state index is 0.0544. The molecule has 2 aromatic rings. The molecule has 0 radical (unpaired) electrons. The molecule has 0 bridgehead atoms. The number of hydrogen-bond acceptors (Lipinski definition) is 1. The molecule has 1 aromatic heterocycles. The quantitative estimate of drug-likeness (QED) is 0.868. The molecule has 3 heteroatoms. The van der Waals surface area contributed by atoms with E-state index in [9.17, 15) is 4.79 Å². The summed E-state index contributed by atoms with van der Waals surface area (Å²) in [5.41, 5.74) is 2.69. The molecule has 1 amide bonds. The molecule has 100 valence electrons. The second-order valence-corrected chi connectivity index (χ2v) is 5.90. The molecule has 0 unspecified atom stereocenters. The Morgan fingerprint density at radius 2 is 2.11 bits per heavy atom. The number of amides is 1. The molecule has 1 aliphatic rings. The zero-order valence-electron chi connectivity index (χ0n) is 11.5. The van der Waals surface area contributed by atoms with Crippen molar-refractivity contribution in [3.8, 4) is 0 Å². The number of aromatic nitrogens is 1. The summed E-state index contributed by atoms with van der Waals surface area (Å²) >= 11 is 0. The van der Waals surface area contributed by atoms with Gasteiger partial charge in [-0.15, -0.1) is 0 Å². The summed E-state index contributed by atoms with van der Waals surface area (Å²) in [4.78, 5) is 15.1. The Hall–Kier alpha value is -1.77. The molecule has 1 saturated carbocycles. The zero-order valence-corrected chi connectivity index (χ0v) is 11.5. The number of rotatable bonds is 4. The predicted octanol–water partition coefficient (Wildman–Crippen LogP) is 2.97. The summed E-state index contributed by atoms with van der Waals surface area (Å²) in [6.07, 6.45) is 4.43. The highest BCUT2D eigenvalue weighted by Gasteiger charge is 2.45. The van der Waals surface area contributed by atoms with Crippen LogP contribution in [-0.4, -0.2) is 17.4 Å². The van der Waals surface area contributed by atoms with Gasteiger partial charge in [0, 0.05) is 35.0 Å². The van der Waals surface area contributed by atoms with E-state index in [0.29, 0.717) is 0 Å². The number of H-pyrrole nitrogens is 1. The summed E-state index contributed by atoms with van der Waals surface area (Å²) < 4.78 is 0. The number of aromatic amines is 1. The third-order valence-corrected chi connectivity index (χ3v) is 4.14. The molecule has 3 rings (SSSR count). The Bertz CT molecular complexity index is 608. The lowest BCUT2D eigenvalue weighted by Crippen LogP contribution is -2.34. The van der Waals surface area contributed by atoms with Crippen LogP contribution in [0.2, 0.25) is 0 Å². The van der Waals surface area contributed by atoms with Gasteiger partial charge in [0.05, 0.1) is 0 Å². The van der Waals surface area contributed by atoms with Crippen molar-refractivity contribution in [1.82, 2.24) is 10.3 Å². The number of para-hydroxylation sites is 1. The van der Waals surface area contributed by atoms with Crippen LogP contribution in [0, 0.1) is 5.92 Å². The molecule has 2 N–H and O–H groups in total. The first-order valence-corrected chi connectivity index (χ1v) is 6.97. The summed E-state index contributed by atoms with van der Waals surface area (Å²) in [6, 6.07) is 8.37. The Kier molecular flexibility index (Phi) is 2.85. The van der Waals surface area contributed by atoms with E-state index in [0.717, 1.165) is 19.4 Å². The monoisotopic (exact) mass is 256 g/mol. The first-order valence-electron chi connectivity index (χ1n) is 6.97. The zero-order chi connectivity index (χ0) is 13.5. The predicted molar refractivity (Wildman–Crippen MR) is 77.1 cm³/mol. The molecular formula is C16H20N2O. The van der Waals surface area contributed by atoms with Crippen molar-refractivity contribution >= 4 is 16.8 Å². The normalized spacial score (nSPS) is 16.8. The van der Waals surface area contributed by atoms with E-state index in [1.54, 1.807) is 0 Å². The molecule has 0 spiro atoms. The van der Waals surface area contributed by atoms with Crippen molar-refractivity contribution in [3.63, 3.8) is 0 Å². The number of fused-ring (bicyclic) bond motifs is 1. The minimum Gasteiger partial charge on any atom is -0.361 e. The van der Waals surface area contributed by atoms with Gasteiger partial charge in [-0.2, -0.15) is 0 Å². The van der Waals surface area contributed by atoms with Gasteiger partial charge >= 0.3 is 0 Å². The van der Waals surface area contributed by atoms with Crippen molar-refractivity contribution < 1.29 is 4.79 Å². The van der Waals surface area contributed by atoms with Crippen molar-refractivity contribution in [2.24, 2.45) is 5.92 Å². The van der Waals surface area contributed by atoms with Crippen LogP contribution >= 0.6 is 0 Å². The SMILES string of the molecule is CC(C)C(=O)NCC1(c2c[nH]c3ccccc23)CC1. The first-order chi connectivity index (χ1) is 9.12. The van der Waals surface area contributed by atoms with Crippen molar-refractivity contribution in [3.05, 3.63) is 36.0 Å². The van der Waals surface area contributed by atoms with Crippen LogP contribution in [0.15, 0.2) is 30.5 Å². The number of benzene rings is 1. The van der Waals surface area contributed by atoms with E-state index >= 15 is 0 Å². The minimum atomic E-state index is 0.0544. The van der Waals surface area contributed by atoms with E-state index < -0.39 is 0 Å². The number of nitrogens with one attached hydrogen (secondary N) is 2. The largest absolute Gasteiger partial charge is 0.361 e. The summed E-state index contributed by atoms with van der Waals surface area (Å²) in [5, 5.41) is 4.38. The van der Waals surface area contributed by atoms with Crippen LogP contribution in [0.4, 0.5) is 0 Å². The molecule has 19 heavy (non-hydrogen) atoms. The van der Waals surface area contributed by atoms with E-state index in [-0.39, 0.29) is 17.2 Å². The summed E-state index contributed by atoms with van der Waals surface area (Å²) in [7, 11) is 0. The van der Waals surface area contributed by atoms with Gasteiger partial charge in [0.15, 0.2) is 0 Å². The lowest BCUT2D eigenvalue weighted by Gasteiger charge is -2.16. The van der Waals surface area contributed by atoms with Gasteiger partial charge in [0.1, 0.15) is 0 Å². The van der Waals surface area contributed by atoms with Crippen LogP contribution in [0.3, 0.4) is 0 Å². The standard InChI is InChI=1S/C16H20N2O/c1-11(2)15(19)18-10-16(7-8-16)13-9-17-14-6-4-3-5-12(13)14/h3-6,9,11,17H,7-8,10H2,1-2H3,(H,18,19). The van der Waals surface area contributed by atoms with Crippen LogP contribution in [-0.2, 0) is 10.2 Å². The number of hydrogen-bond donors (Lipinski definition) is 2. The fourth-order valence-electron chi connectivity index (χ4n) is 2.66. The maximum atomic E-state index is 11.7. The third-order valence-electron chi connectivity index (χ3n) is 4.14. The Morgan fingerprint density at radius 3 is 2.79 bits per heavy atom. The molecule has 0 saturated heterocycles. The number of carbonyl (C=O) groups excluding carboxylic acids is 1. The van der Waals surface area contributed by atoms with E-state index in [1.807, 2.05) is 19.9 Å². The molecular weight excluding hydrogens is 236 g/mol. The van der Waals surface area contributed by atoms with Crippen molar-refractivity contribution in [1.29, 1.82) is 0 Å². The van der Waals surface area contributed by atoms with Gasteiger partial charge in [-0.1, -0.05) is 32.0 Å². The summed E-state index contributed by atoms with van der Waals surface area (Å²) in [5.74, 6) is 0.199. The molecule has 0 aliphatic heterocycles. The second kappa shape index (κ2) is 4.41. The molecule has 0 atom stereocenters. The highest BCUT2D eigenvalue weighted by molar-refractivity contribution is 5.85. The fourth-order valence-corrected chi connectivity index (χ4v) is 2.66. The van der Waals surface area contributed by atoms with Gasteiger partial charge in [-0.05, 0) is 24.5 Å². The molecule has 3 nitrogen and oxygen atoms in total. The Balaban J connectivity index is 1.83. The maximum absolute atomic E-state index is 11.7. The molecule has 1 aliphatic carbocycles. The molecule has 1 fully saturated rings. The molecule has 1 aromatic carbocycles. The first kappa shape index (κ1) is 12.3. The lowest BCUT2D eigenvalue weighted by atomic mass is 9.95. The summed E-state index contributed by atoms with van der Waals surface area (Å²) in [6.45, 7) is 4.62. The van der Waals surface area contributed by atoms with Gasteiger partial charge in [0.2, 0.25) is 5.91 Å². The Morgan fingerprint density at radius 1 is 1.37 bits per heavy atom. The fraction of sp³-hybridized carbons (Fsp3) is 0.438. The van der Waals surface area contributed by atoms with E-state index in [4.69, 9.17) is 0 Å². The Labute approximate surface area is 113 Å². The van der Waals surface area contributed by atoms with Crippen LogP contribution in [0.1, 0.15) is 32.3 Å². The van der Waals surface area contributed by atoms with Crippen molar-refractivity contribution in [2.45, 2.75) is 32.1 Å². The van der Waals surface area contributed by atoms with E-state index in [2.05, 4.69) is 34.7 Å². The average Bonchev–Trinajstić information content (AvgIpc) is 3.07. The van der Waals surface area contributed by atoms with Crippen LogP contribution < -0.4 is 5.32 Å². The van der Waals surface area contributed by atoms with E-state index in [1.165, 1.54) is 16.5 Å². The van der Waals surface area contributed by atoms with Gasteiger partial charge in [-0.3, -0.25) is 4.79 Å². The smallest absolute Gasteiger partial charge is 0.222 e. The third kappa shape index (κ3) is 2.14. The highest BCUT2D eigenvalue weighted by atomic mass is 16.1. The lowest BCUT2D eigenvalue weighted by molar-refractivity contribution is -0.124. The topological polar surface area (TPSA) is 44.9 Å². The molecule has 1 heterocycles. The average molecular weight is 256 g/mol.